The SMILES string of the molecule is Brc1ccc(CNc2cc(-c3cccnc3)nc(NC3CCCC3)n2)cc1. The molecule has 1 fully saturated rings. The van der Waals surface area contributed by atoms with E-state index in [0.29, 0.717) is 18.5 Å². The Morgan fingerprint density at radius 3 is 2.59 bits per heavy atom. The highest BCUT2D eigenvalue weighted by molar-refractivity contribution is 9.10. The van der Waals surface area contributed by atoms with Crippen LogP contribution < -0.4 is 10.6 Å². The van der Waals surface area contributed by atoms with Gasteiger partial charge in [-0.15, -0.1) is 0 Å². The zero-order chi connectivity index (χ0) is 18.5. The van der Waals surface area contributed by atoms with Crippen LogP contribution in [0.3, 0.4) is 0 Å². The number of nitrogens with zero attached hydrogens (tertiary/aromatic N) is 3. The van der Waals surface area contributed by atoms with Gasteiger partial charge in [-0.25, -0.2) is 4.98 Å². The fourth-order valence-electron chi connectivity index (χ4n) is 3.31. The monoisotopic (exact) mass is 423 g/mol. The second kappa shape index (κ2) is 8.48. The second-order valence-electron chi connectivity index (χ2n) is 6.81. The molecule has 0 atom stereocenters. The molecule has 0 aliphatic heterocycles. The summed E-state index contributed by atoms with van der Waals surface area (Å²) >= 11 is 3.47. The number of nitrogens with one attached hydrogen (secondary N) is 2. The molecule has 1 aromatic carbocycles. The fourth-order valence-corrected chi connectivity index (χ4v) is 3.58. The number of halogens is 1. The van der Waals surface area contributed by atoms with Crippen LogP contribution in [0.5, 0.6) is 0 Å². The lowest BCUT2D eigenvalue weighted by molar-refractivity contribution is 0.744. The lowest BCUT2D eigenvalue weighted by Gasteiger charge is -2.15. The predicted molar refractivity (Wildman–Crippen MR) is 113 cm³/mol. The van der Waals surface area contributed by atoms with E-state index in [1.807, 2.05) is 36.5 Å². The molecule has 1 saturated carbocycles. The lowest BCUT2D eigenvalue weighted by atomic mass is 10.2. The highest BCUT2D eigenvalue weighted by Crippen LogP contribution is 2.25. The van der Waals surface area contributed by atoms with Crippen LogP contribution in [0.4, 0.5) is 11.8 Å². The van der Waals surface area contributed by atoms with Crippen molar-refractivity contribution >= 4 is 27.7 Å². The van der Waals surface area contributed by atoms with Gasteiger partial charge >= 0.3 is 0 Å². The van der Waals surface area contributed by atoms with Gasteiger partial charge in [0.25, 0.3) is 0 Å². The minimum Gasteiger partial charge on any atom is -0.366 e. The number of rotatable bonds is 6. The normalized spacial score (nSPS) is 14.3. The molecule has 0 saturated heterocycles. The van der Waals surface area contributed by atoms with Crippen molar-refractivity contribution in [3.8, 4) is 11.3 Å². The van der Waals surface area contributed by atoms with E-state index in [1.54, 1.807) is 6.20 Å². The van der Waals surface area contributed by atoms with Crippen LogP contribution in [0.15, 0.2) is 59.3 Å². The molecule has 0 unspecified atom stereocenters. The highest BCUT2D eigenvalue weighted by Gasteiger charge is 2.16. The first-order valence-corrected chi connectivity index (χ1v) is 10.1. The van der Waals surface area contributed by atoms with Gasteiger partial charge in [0.2, 0.25) is 5.95 Å². The maximum absolute atomic E-state index is 4.73. The van der Waals surface area contributed by atoms with Crippen LogP contribution in [-0.4, -0.2) is 21.0 Å². The standard InChI is InChI=1S/C21H22BrN5/c22-17-9-7-15(8-10-17)13-24-20-12-19(16-4-3-11-23-14-16)26-21(27-20)25-18-5-1-2-6-18/h3-4,7-12,14,18H,1-2,5-6,13H2,(H2,24,25,26,27). The molecular weight excluding hydrogens is 402 g/mol. The van der Waals surface area contributed by atoms with Crippen molar-refractivity contribution in [1.82, 2.24) is 15.0 Å². The third kappa shape index (κ3) is 4.83. The first-order chi connectivity index (χ1) is 13.3. The average molecular weight is 424 g/mol. The number of hydrogen-bond acceptors (Lipinski definition) is 5. The van der Waals surface area contributed by atoms with E-state index < -0.39 is 0 Å². The molecule has 2 aromatic heterocycles. The van der Waals surface area contributed by atoms with Crippen molar-refractivity contribution in [1.29, 1.82) is 0 Å². The average Bonchev–Trinajstić information content (AvgIpc) is 3.21. The molecule has 4 rings (SSSR count). The number of aromatic nitrogens is 3. The topological polar surface area (TPSA) is 62.7 Å². The van der Waals surface area contributed by atoms with Crippen molar-refractivity contribution in [2.24, 2.45) is 0 Å². The molecule has 5 nitrogen and oxygen atoms in total. The number of hydrogen-bond donors (Lipinski definition) is 2. The zero-order valence-electron chi connectivity index (χ0n) is 15.0. The van der Waals surface area contributed by atoms with E-state index >= 15 is 0 Å². The first kappa shape index (κ1) is 17.9. The van der Waals surface area contributed by atoms with Crippen LogP contribution in [0.1, 0.15) is 31.2 Å². The molecule has 0 spiro atoms. The smallest absolute Gasteiger partial charge is 0.225 e. The van der Waals surface area contributed by atoms with Gasteiger partial charge in [0.05, 0.1) is 5.69 Å². The van der Waals surface area contributed by atoms with Gasteiger partial charge in [0.15, 0.2) is 0 Å². The molecule has 0 bridgehead atoms. The van der Waals surface area contributed by atoms with Crippen molar-refractivity contribution in [2.75, 3.05) is 10.6 Å². The molecular formula is C21H22BrN5. The quantitative estimate of drug-likeness (QED) is 0.565. The molecule has 138 valence electrons. The van der Waals surface area contributed by atoms with Crippen LogP contribution in [-0.2, 0) is 6.54 Å². The van der Waals surface area contributed by atoms with E-state index in [2.05, 4.69) is 43.7 Å². The second-order valence-corrected chi connectivity index (χ2v) is 7.73. The molecule has 6 heteroatoms. The zero-order valence-corrected chi connectivity index (χ0v) is 16.6. The Morgan fingerprint density at radius 1 is 1.04 bits per heavy atom. The Bertz CT molecular complexity index is 877. The Balaban J connectivity index is 1.57. The molecule has 2 heterocycles. The first-order valence-electron chi connectivity index (χ1n) is 9.30. The van der Waals surface area contributed by atoms with Gasteiger partial charge in [0, 0.05) is 41.1 Å². The Kier molecular flexibility index (Phi) is 5.63. The van der Waals surface area contributed by atoms with Gasteiger partial charge in [0.1, 0.15) is 5.82 Å². The summed E-state index contributed by atoms with van der Waals surface area (Å²) in [4.78, 5) is 13.6. The summed E-state index contributed by atoms with van der Waals surface area (Å²) in [6.45, 7) is 0.708. The largest absolute Gasteiger partial charge is 0.366 e. The maximum Gasteiger partial charge on any atom is 0.225 e. The molecule has 1 aliphatic carbocycles. The molecule has 0 amide bonds. The summed E-state index contributed by atoms with van der Waals surface area (Å²) in [5.41, 5.74) is 3.06. The molecule has 3 aromatic rings. The van der Waals surface area contributed by atoms with E-state index in [9.17, 15) is 0 Å². The fraction of sp³-hybridized carbons (Fsp3) is 0.286. The van der Waals surface area contributed by atoms with E-state index in [-0.39, 0.29) is 0 Å². The van der Waals surface area contributed by atoms with Crippen molar-refractivity contribution in [2.45, 2.75) is 38.3 Å². The van der Waals surface area contributed by atoms with Gasteiger partial charge < -0.3 is 10.6 Å². The summed E-state index contributed by atoms with van der Waals surface area (Å²) in [6, 6.07) is 14.7. The number of benzene rings is 1. The summed E-state index contributed by atoms with van der Waals surface area (Å²) < 4.78 is 1.08. The minimum atomic E-state index is 0.466. The molecule has 0 radical (unpaired) electrons. The van der Waals surface area contributed by atoms with Gasteiger partial charge in [-0.05, 0) is 42.7 Å². The predicted octanol–water partition coefficient (Wildman–Crippen LogP) is 5.27. The van der Waals surface area contributed by atoms with E-state index in [0.717, 1.165) is 21.5 Å². The van der Waals surface area contributed by atoms with Crippen LogP contribution in [0.25, 0.3) is 11.3 Å². The summed E-state index contributed by atoms with van der Waals surface area (Å²) in [5.74, 6) is 1.49. The van der Waals surface area contributed by atoms with Crippen LogP contribution in [0, 0.1) is 0 Å². The molecule has 2 N–H and O–H groups in total. The summed E-state index contributed by atoms with van der Waals surface area (Å²) in [6.07, 6.45) is 8.52. The number of anilines is 2. The maximum atomic E-state index is 4.73. The molecule has 27 heavy (non-hydrogen) atoms. The summed E-state index contributed by atoms with van der Waals surface area (Å²) in [5, 5.41) is 6.94. The third-order valence-corrected chi connectivity index (χ3v) is 5.29. The third-order valence-electron chi connectivity index (χ3n) is 4.76. The van der Waals surface area contributed by atoms with E-state index in [1.165, 1.54) is 31.2 Å². The van der Waals surface area contributed by atoms with Crippen molar-refractivity contribution < 1.29 is 0 Å². The molecule has 1 aliphatic rings. The Labute approximate surface area is 167 Å². The van der Waals surface area contributed by atoms with Crippen LogP contribution in [0.2, 0.25) is 0 Å². The lowest BCUT2D eigenvalue weighted by Crippen LogP contribution is -2.17. The Morgan fingerprint density at radius 2 is 1.85 bits per heavy atom. The van der Waals surface area contributed by atoms with Crippen molar-refractivity contribution in [3.05, 3.63) is 64.9 Å². The van der Waals surface area contributed by atoms with Gasteiger partial charge in [-0.1, -0.05) is 40.9 Å². The van der Waals surface area contributed by atoms with Gasteiger partial charge in [-0.3, -0.25) is 4.98 Å². The minimum absolute atomic E-state index is 0.466. The highest BCUT2D eigenvalue weighted by atomic mass is 79.9. The van der Waals surface area contributed by atoms with Crippen LogP contribution >= 0.6 is 15.9 Å². The van der Waals surface area contributed by atoms with E-state index in [4.69, 9.17) is 9.97 Å². The number of pyridine rings is 1. The Hall–Kier alpha value is -2.47. The van der Waals surface area contributed by atoms with Gasteiger partial charge in [-0.2, -0.15) is 4.98 Å². The summed E-state index contributed by atoms with van der Waals surface area (Å²) in [7, 11) is 0. The van der Waals surface area contributed by atoms with Crippen molar-refractivity contribution in [3.63, 3.8) is 0 Å².